The first-order chi connectivity index (χ1) is 17.2. The first-order valence-electron chi connectivity index (χ1n) is 11.4. The molecule has 6 aromatic heterocycles. The summed E-state index contributed by atoms with van der Waals surface area (Å²) in [5.41, 5.74) is 8.66. The summed E-state index contributed by atoms with van der Waals surface area (Å²) in [6, 6.07) is 10.1. The van der Waals surface area contributed by atoms with Crippen LogP contribution in [0.15, 0.2) is 72.8 Å². The van der Waals surface area contributed by atoms with E-state index in [1.165, 1.54) is 12.8 Å². The maximum absolute atomic E-state index is 4.93. The maximum atomic E-state index is 4.93. The highest BCUT2D eigenvalue weighted by Crippen LogP contribution is 2.36. The van der Waals surface area contributed by atoms with Gasteiger partial charge in [-0.15, -0.1) is 11.3 Å². The van der Waals surface area contributed by atoms with Gasteiger partial charge in [0.05, 0.1) is 34.8 Å². The van der Waals surface area contributed by atoms with E-state index in [1.54, 1.807) is 17.5 Å². The molecule has 6 aromatic rings. The predicted molar refractivity (Wildman–Crippen MR) is 139 cm³/mol. The van der Waals surface area contributed by atoms with Gasteiger partial charge in [0.1, 0.15) is 11.0 Å². The highest BCUT2D eigenvalue weighted by Gasteiger charge is 2.24. The van der Waals surface area contributed by atoms with Crippen LogP contribution in [0.5, 0.6) is 0 Å². The number of thiophene rings is 1. The van der Waals surface area contributed by atoms with E-state index in [-0.39, 0.29) is 0 Å². The molecule has 0 unspecified atom stereocenters. The van der Waals surface area contributed by atoms with Gasteiger partial charge < -0.3 is 10.3 Å². The number of aromatic amines is 2. The summed E-state index contributed by atoms with van der Waals surface area (Å²) < 4.78 is 0. The van der Waals surface area contributed by atoms with Crippen molar-refractivity contribution in [2.75, 3.05) is 5.32 Å². The molecule has 0 bridgehead atoms. The molecular weight excluding hydrogens is 456 g/mol. The van der Waals surface area contributed by atoms with E-state index in [2.05, 4.69) is 54.6 Å². The minimum atomic E-state index is 0.570. The lowest BCUT2D eigenvalue weighted by Gasteiger charge is -2.09. The molecule has 8 nitrogen and oxygen atoms in total. The number of rotatable bonds is 6. The fourth-order valence-corrected chi connectivity index (χ4v) is 4.99. The van der Waals surface area contributed by atoms with E-state index >= 15 is 0 Å². The lowest BCUT2D eigenvalue weighted by atomic mass is 10.1. The average molecular weight is 477 g/mol. The van der Waals surface area contributed by atoms with Crippen molar-refractivity contribution >= 4 is 39.1 Å². The van der Waals surface area contributed by atoms with Gasteiger partial charge in [-0.05, 0) is 48.4 Å². The highest BCUT2D eigenvalue weighted by molar-refractivity contribution is 7.13. The number of nitrogens with one attached hydrogen (secondary N) is 3. The van der Waals surface area contributed by atoms with Gasteiger partial charge in [0.25, 0.3) is 0 Å². The number of imidazole rings is 1. The minimum absolute atomic E-state index is 0.570. The van der Waals surface area contributed by atoms with Gasteiger partial charge in [-0.2, -0.15) is 5.10 Å². The molecule has 0 radical (unpaired) electrons. The Bertz CT molecular complexity index is 1710. The van der Waals surface area contributed by atoms with Crippen molar-refractivity contribution in [3.05, 3.63) is 72.8 Å². The number of H-pyrrole nitrogens is 2. The third kappa shape index (κ3) is 3.57. The number of pyridine rings is 3. The topological polar surface area (TPSA) is 108 Å². The van der Waals surface area contributed by atoms with Crippen molar-refractivity contribution in [3.63, 3.8) is 0 Å². The van der Waals surface area contributed by atoms with E-state index < -0.39 is 0 Å². The molecule has 0 aliphatic heterocycles. The molecule has 1 fully saturated rings. The second-order valence-corrected chi connectivity index (χ2v) is 9.65. The van der Waals surface area contributed by atoms with Crippen LogP contribution in [-0.2, 0) is 0 Å². The molecule has 1 saturated carbocycles. The van der Waals surface area contributed by atoms with Crippen molar-refractivity contribution in [2.45, 2.75) is 12.8 Å². The van der Waals surface area contributed by atoms with Crippen molar-refractivity contribution in [1.29, 1.82) is 0 Å². The molecule has 0 aromatic carbocycles. The Labute approximate surface area is 204 Å². The highest BCUT2D eigenvalue weighted by atomic mass is 32.1. The zero-order valence-electron chi connectivity index (χ0n) is 18.6. The number of hydrogen-bond donors (Lipinski definition) is 3. The Hall–Kier alpha value is -4.37. The van der Waals surface area contributed by atoms with Crippen LogP contribution in [-0.4, -0.2) is 35.1 Å². The summed E-state index contributed by atoms with van der Waals surface area (Å²) >= 11 is 1.66. The second kappa shape index (κ2) is 7.85. The summed E-state index contributed by atoms with van der Waals surface area (Å²) in [6.07, 6.45) is 9.67. The quantitative estimate of drug-likeness (QED) is 0.271. The van der Waals surface area contributed by atoms with Crippen LogP contribution in [0.1, 0.15) is 12.8 Å². The molecule has 35 heavy (non-hydrogen) atoms. The Morgan fingerprint density at radius 3 is 2.77 bits per heavy atom. The molecule has 7 rings (SSSR count). The summed E-state index contributed by atoms with van der Waals surface area (Å²) in [5.74, 6) is 1.22. The van der Waals surface area contributed by atoms with Gasteiger partial charge in [0.15, 0.2) is 11.5 Å². The molecule has 0 saturated heterocycles. The first-order valence-corrected chi connectivity index (χ1v) is 12.3. The van der Waals surface area contributed by atoms with Crippen molar-refractivity contribution < 1.29 is 0 Å². The van der Waals surface area contributed by atoms with E-state index in [0.29, 0.717) is 17.4 Å². The van der Waals surface area contributed by atoms with E-state index in [1.807, 2.05) is 36.8 Å². The van der Waals surface area contributed by atoms with Crippen molar-refractivity contribution in [1.82, 2.24) is 35.1 Å². The van der Waals surface area contributed by atoms with Crippen LogP contribution in [0, 0.1) is 5.92 Å². The van der Waals surface area contributed by atoms with E-state index in [9.17, 15) is 0 Å². The lowest BCUT2D eigenvalue weighted by molar-refractivity contribution is 1.02. The molecule has 170 valence electrons. The Morgan fingerprint density at radius 2 is 1.91 bits per heavy atom. The number of allylic oxidation sites excluding steroid dienone is 1. The maximum Gasteiger partial charge on any atom is 0.161 e. The summed E-state index contributed by atoms with van der Waals surface area (Å²) in [6.45, 7) is 4.15. The zero-order valence-corrected chi connectivity index (χ0v) is 19.4. The fourth-order valence-electron chi connectivity index (χ4n) is 4.25. The van der Waals surface area contributed by atoms with E-state index in [4.69, 9.17) is 9.97 Å². The molecule has 9 heteroatoms. The monoisotopic (exact) mass is 476 g/mol. The second-order valence-electron chi connectivity index (χ2n) is 8.70. The molecule has 6 heterocycles. The molecule has 0 atom stereocenters. The molecule has 1 aliphatic rings. The zero-order chi connectivity index (χ0) is 23.4. The number of anilines is 1. The number of nitrogens with zero attached hydrogens (tertiary/aromatic N) is 5. The Balaban J connectivity index is 1.29. The van der Waals surface area contributed by atoms with Gasteiger partial charge in [-0.25, -0.2) is 9.97 Å². The van der Waals surface area contributed by atoms with Gasteiger partial charge in [0, 0.05) is 34.1 Å². The molecule has 0 spiro atoms. The lowest BCUT2D eigenvalue weighted by Crippen LogP contribution is -2.00. The average Bonchev–Trinajstić information content (AvgIpc) is 3.26. The van der Waals surface area contributed by atoms with Crippen LogP contribution in [0.2, 0.25) is 0 Å². The Morgan fingerprint density at radius 1 is 1.00 bits per heavy atom. The van der Waals surface area contributed by atoms with Gasteiger partial charge in [0.2, 0.25) is 0 Å². The normalized spacial score (nSPS) is 13.5. The largest absolute Gasteiger partial charge is 0.358 e. The van der Waals surface area contributed by atoms with Crippen LogP contribution in [0.25, 0.3) is 55.3 Å². The van der Waals surface area contributed by atoms with E-state index in [0.717, 1.165) is 55.1 Å². The summed E-state index contributed by atoms with van der Waals surface area (Å²) in [5, 5.41) is 13.1. The Kier molecular flexibility index (Phi) is 4.49. The number of hydrogen-bond acceptors (Lipinski definition) is 7. The van der Waals surface area contributed by atoms with Crippen LogP contribution >= 0.6 is 11.3 Å². The van der Waals surface area contributed by atoms with Crippen molar-refractivity contribution in [2.24, 2.45) is 5.92 Å². The van der Waals surface area contributed by atoms with Crippen LogP contribution in [0.4, 0.5) is 5.69 Å². The van der Waals surface area contributed by atoms with Gasteiger partial charge in [-0.1, -0.05) is 12.6 Å². The molecule has 0 amide bonds. The number of fused-ring (bicyclic) bond motifs is 2. The summed E-state index contributed by atoms with van der Waals surface area (Å²) in [7, 11) is 0. The predicted octanol–water partition coefficient (Wildman–Crippen LogP) is 6.02. The molecule has 3 N–H and O–H groups in total. The van der Waals surface area contributed by atoms with Crippen molar-refractivity contribution in [3.8, 4) is 33.2 Å². The summed E-state index contributed by atoms with van der Waals surface area (Å²) in [4.78, 5) is 23.1. The van der Waals surface area contributed by atoms with Crippen LogP contribution in [0.3, 0.4) is 0 Å². The number of aromatic nitrogens is 7. The standard InChI is InChI=1S/C26H20N8S/c1-14(15-4-5-15)29-17-9-16(10-27-11-17)19-6-7-20-24(30-19)25(34-33-20)26-31-21-13-28-12-18(23(21)32-26)22-3-2-8-35-22/h2-3,6-13,15,29H,1,4-5H2,(H,31,32)(H,33,34). The first kappa shape index (κ1) is 20.0. The SMILES string of the molecule is C=C(Nc1cncc(-c2ccc3[nH]nc(-c4nc5c(-c6cccs6)cncc5[nH]4)c3n2)c1)C1CC1. The van der Waals surface area contributed by atoms with Gasteiger partial charge in [-0.3, -0.25) is 15.1 Å². The van der Waals surface area contributed by atoms with Crippen LogP contribution < -0.4 is 5.32 Å². The van der Waals surface area contributed by atoms with Gasteiger partial charge >= 0.3 is 0 Å². The smallest absolute Gasteiger partial charge is 0.161 e. The molecule has 1 aliphatic carbocycles. The molecular formula is C26H20N8S. The minimum Gasteiger partial charge on any atom is -0.358 e. The third-order valence-electron chi connectivity index (χ3n) is 6.22. The fraction of sp³-hybridized carbons (Fsp3) is 0.115. The third-order valence-corrected chi connectivity index (χ3v) is 7.13.